The minimum Gasteiger partial charge on any atom is -0.320 e. The van der Waals surface area contributed by atoms with E-state index in [-0.39, 0.29) is 5.92 Å². The topological polar surface area (TPSA) is 33.4 Å². The SMILES string of the molecule is C=CC=N/C=C\CC1=CC(c2ccncc2)C=CC(N2C=CCc3ccn(/C4=C/CC=CC=CC4)c3/C(C)=C(\C)c3c(C=C)cccc32)=C1. The molecule has 244 valence electrons. The highest BCUT2D eigenvalue weighted by molar-refractivity contribution is 5.97. The first-order chi connectivity index (χ1) is 24.1. The van der Waals surface area contributed by atoms with Crippen molar-refractivity contribution in [3.8, 4) is 0 Å². The summed E-state index contributed by atoms with van der Waals surface area (Å²) >= 11 is 0. The first-order valence-corrected chi connectivity index (χ1v) is 17.0. The third kappa shape index (κ3) is 7.55. The van der Waals surface area contributed by atoms with Crippen LogP contribution in [-0.4, -0.2) is 15.8 Å². The van der Waals surface area contributed by atoms with E-state index in [9.17, 15) is 0 Å². The van der Waals surface area contributed by atoms with Crippen LogP contribution in [0.2, 0.25) is 0 Å². The van der Waals surface area contributed by atoms with Crippen LogP contribution < -0.4 is 4.90 Å². The van der Waals surface area contributed by atoms with Crippen LogP contribution in [-0.2, 0) is 6.42 Å². The van der Waals surface area contributed by atoms with E-state index in [0.29, 0.717) is 0 Å². The number of hydrogen-bond acceptors (Lipinski definition) is 3. The van der Waals surface area contributed by atoms with Gasteiger partial charge in [-0.1, -0.05) is 92.1 Å². The van der Waals surface area contributed by atoms with Gasteiger partial charge in [0.05, 0.1) is 11.4 Å². The molecular formula is C45H44N4. The third-order valence-electron chi connectivity index (χ3n) is 9.23. The molecule has 4 nitrogen and oxygen atoms in total. The van der Waals surface area contributed by atoms with Crippen LogP contribution in [0.25, 0.3) is 22.9 Å². The number of aliphatic imine (C=N–C) groups is 1. The van der Waals surface area contributed by atoms with Crippen LogP contribution in [0.1, 0.15) is 67.0 Å². The molecule has 3 heterocycles. The van der Waals surface area contributed by atoms with Crippen molar-refractivity contribution in [2.75, 3.05) is 4.90 Å². The molecule has 3 aliphatic rings. The summed E-state index contributed by atoms with van der Waals surface area (Å²) in [4.78, 5) is 10.9. The van der Waals surface area contributed by atoms with Crippen LogP contribution in [0, 0.1) is 0 Å². The largest absolute Gasteiger partial charge is 0.320 e. The quantitative estimate of drug-likeness (QED) is 0.230. The number of aromatic nitrogens is 2. The highest BCUT2D eigenvalue weighted by Gasteiger charge is 2.23. The maximum atomic E-state index is 4.31. The second kappa shape index (κ2) is 15.9. The van der Waals surface area contributed by atoms with Crippen molar-refractivity contribution < 1.29 is 0 Å². The fraction of sp³-hybridized carbons (Fsp3) is 0.156. The smallest absolute Gasteiger partial charge is 0.0536 e. The van der Waals surface area contributed by atoms with Gasteiger partial charge in [0.2, 0.25) is 0 Å². The maximum Gasteiger partial charge on any atom is 0.0536 e. The van der Waals surface area contributed by atoms with Gasteiger partial charge in [0.25, 0.3) is 0 Å². The predicted octanol–water partition coefficient (Wildman–Crippen LogP) is 11.4. The zero-order valence-electron chi connectivity index (χ0n) is 28.5. The van der Waals surface area contributed by atoms with Gasteiger partial charge >= 0.3 is 0 Å². The molecule has 0 saturated carbocycles. The molecule has 0 radical (unpaired) electrons. The summed E-state index contributed by atoms with van der Waals surface area (Å²) in [5.74, 6) is 0.111. The van der Waals surface area contributed by atoms with Gasteiger partial charge in [-0.2, -0.15) is 0 Å². The Morgan fingerprint density at radius 1 is 0.980 bits per heavy atom. The van der Waals surface area contributed by atoms with Crippen molar-refractivity contribution in [1.29, 1.82) is 0 Å². The van der Waals surface area contributed by atoms with E-state index in [4.69, 9.17) is 0 Å². The van der Waals surface area contributed by atoms with Crippen LogP contribution in [0.5, 0.6) is 0 Å². The summed E-state index contributed by atoms with van der Waals surface area (Å²) in [7, 11) is 0. The Hall–Kier alpha value is -5.74. The molecule has 0 bridgehead atoms. The van der Waals surface area contributed by atoms with Crippen molar-refractivity contribution in [2.45, 2.75) is 45.4 Å². The number of nitrogens with zero attached hydrogens (tertiary/aromatic N) is 4. The molecule has 1 atom stereocenters. The Morgan fingerprint density at radius 3 is 2.67 bits per heavy atom. The third-order valence-corrected chi connectivity index (χ3v) is 9.23. The molecule has 0 spiro atoms. The lowest BCUT2D eigenvalue weighted by atomic mass is 9.91. The molecule has 49 heavy (non-hydrogen) atoms. The normalized spacial score (nSPS) is 20.5. The van der Waals surface area contributed by atoms with Crippen molar-refractivity contribution in [3.63, 3.8) is 0 Å². The monoisotopic (exact) mass is 640 g/mol. The van der Waals surface area contributed by atoms with E-state index in [1.165, 1.54) is 44.8 Å². The lowest BCUT2D eigenvalue weighted by Gasteiger charge is -2.28. The molecular weight excluding hydrogens is 597 g/mol. The summed E-state index contributed by atoms with van der Waals surface area (Å²) in [5.41, 5.74) is 13.3. The van der Waals surface area contributed by atoms with Gasteiger partial charge in [-0.05, 0) is 103 Å². The predicted molar refractivity (Wildman–Crippen MR) is 211 cm³/mol. The van der Waals surface area contributed by atoms with Gasteiger partial charge in [0.15, 0.2) is 0 Å². The summed E-state index contributed by atoms with van der Waals surface area (Å²) in [6.07, 6.45) is 43.4. The summed E-state index contributed by atoms with van der Waals surface area (Å²) in [6, 6.07) is 13.0. The van der Waals surface area contributed by atoms with Gasteiger partial charge in [0, 0.05) is 66.5 Å². The second-order valence-corrected chi connectivity index (χ2v) is 12.3. The van der Waals surface area contributed by atoms with E-state index in [1.54, 1.807) is 12.3 Å². The Balaban J connectivity index is 1.49. The highest BCUT2D eigenvalue weighted by atomic mass is 15.1. The molecule has 0 fully saturated rings. The lowest BCUT2D eigenvalue weighted by molar-refractivity contribution is 1.01. The van der Waals surface area contributed by atoms with E-state index in [2.05, 4.69) is 162 Å². The Bertz CT molecular complexity index is 2010. The zero-order valence-corrected chi connectivity index (χ0v) is 28.5. The molecule has 1 unspecified atom stereocenters. The first-order valence-electron chi connectivity index (χ1n) is 17.0. The number of rotatable bonds is 8. The number of pyridine rings is 1. The molecule has 0 saturated heterocycles. The molecule has 2 aromatic heterocycles. The highest BCUT2D eigenvalue weighted by Crippen LogP contribution is 2.41. The summed E-state index contributed by atoms with van der Waals surface area (Å²) in [6.45, 7) is 12.5. The molecule has 0 amide bonds. The van der Waals surface area contributed by atoms with Gasteiger partial charge < -0.3 is 9.47 Å². The fourth-order valence-electron chi connectivity index (χ4n) is 6.70. The molecule has 4 heteroatoms. The molecule has 2 aliphatic carbocycles. The first kappa shape index (κ1) is 33.2. The van der Waals surface area contributed by atoms with Gasteiger partial charge in [-0.15, -0.1) is 0 Å². The average molecular weight is 641 g/mol. The van der Waals surface area contributed by atoms with Crippen molar-refractivity contribution >= 4 is 34.8 Å². The maximum absolute atomic E-state index is 4.31. The average Bonchev–Trinajstić information content (AvgIpc) is 3.41. The van der Waals surface area contributed by atoms with Crippen molar-refractivity contribution in [3.05, 3.63) is 193 Å². The van der Waals surface area contributed by atoms with Gasteiger partial charge in [-0.3, -0.25) is 9.98 Å². The number of allylic oxidation sites excluding steroid dienone is 16. The molecule has 0 N–H and O–H groups in total. The van der Waals surface area contributed by atoms with Crippen LogP contribution in [0.15, 0.2) is 170 Å². The number of benzene rings is 1. The number of hydrogen-bond donors (Lipinski definition) is 0. The van der Waals surface area contributed by atoms with E-state index in [1.807, 2.05) is 24.7 Å². The Morgan fingerprint density at radius 2 is 1.84 bits per heavy atom. The summed E-state index contributed by atoms with van der Waals surface area (Å²) in [5, 5.41) is 0. The van der Waals surface area contributed by atoms with Crippen molar-refractivity contribution in [1.82, 2.24) is 9.55 Å². The van der Waals surface area contributed by atoms with Crippen LogP contribution >= 0.6 is 0 Å². The number of anilines is 1. The van der Waals surface area contributed by atoms with E-state index in [0.717, 1.165) is 42.6 Å². The molecule has 3 aromatic rings. The fourth-order valence-corrected chi connectivity index (χ4v) is 6.70. The second-order valence-electron chi connectivity index (χ2n) is 12.3. The minimum absolute atomic E-state index is 0.111. The summed E-state index contributed by atoms with van der Waals surface area (Å²) < 4.78 is 2.40. The standard InChI is InChI=1S/C45H44N4/c1-5-26-46-27-13-15-36-32-40(38-23-28-47-29-24-38)21-22-42(33-36)48-30-14-17-39-25-31-49(41-18-10-8-7-9-11-19-41)45(39)35(4)34(3)44-37(6-2)16-12-20-43(44)48/h5-10,12-14,16,19-33,40H,1-2,11,15,17-18H2,3-4H3/b9-7?,10-8?,27-13-,30-14?,35-34+,41-19+,46-26?. The molecule has 1 aliphatic heterocycles. The minimum atomic E-state index is 0.111. The molecule has 6 rings (SSSR count). The zero-order chi connectivity index (χ0) is 34.0. The van der Waals surface area contributed by atoms with E-state index < -0.39 is 0 Å². The Labute approximate surface area is 291 Å². The van der Waals surface area contributed by atoms with E-state index >= 15 is 0 Å². The van der Waals surface area contributed by atoms with Crippen LogP contribution in [0.3, 0.4) is 0 Å². The van der Waals surface area contributed by atoms with Gasteiger partial charge in [0.1, 0.15) is 0 Å². The van der Waals surface area contributed by atoms with Gasteiger partial charge in [-0.25, -0.2) is 0 Å². The van der Waals surface area contributed by atoms with Crippen molar-refractivity contribution in [2.24, 2.45) is 4.99 Å². The van der Waals surface area contributed by atoms with Crippen LogP contribution in [0.4, 0.5) is 5.69 Å². The lowest BCUT2D eigenvalue weighted by Crippen LogP contribution is -2.17. The Kier molecular flexibility index (Phi) is 10.8. The molecule has 1 aromatic carbocycles. The number of fused-ring (bicyclic) bond motifs is 2.